The zero-order chi connectivity index (χ0) is 11.8. The molecular formula is C11H17BrN2O2. The molecule has 16 heavy (non-hydrogen) atoms. The molecule has 1 aromatic rings. The number of H-pyrrole nitrogens is 1. The van der Waals surface area contributed by atoms with Crippen LogP contribution in [0.4, 0.5) is 0 Å². The lowest BCUT2D eigenvalue weighted by atomic mass is 10.2. The van der Waals surface area contributed by atoms with Crippen molar-refractivity contribution in [3.63, 3.8) is 0 Å². The average Bonchev–Trinajstić information content (AvgIpc) is 2.29. The molecule has 0 atom stereocenters. The van der Waals surface area contributed by atoms with Crippen molar-refractivity contribution in [1.29, 1.82) is 0 Å². The first-order valence-corrected chi connectivity index (χ1v) is 6.41. The summed E-state index contributed by atoms with van der Waals surface area (Å²) in [4.78, 5) is 17.6. The molecule has 0 aliphatic heterocycles. The molecule has 0 aliphatic carbocycles. The van der Waals surface area contributed by atoms with Gasteiger partial charge in [0.25, 0.3) is 5.56 Å². The van der Waals surface area contributed by atoms with Gasteiger partial charge in [0.05, 0.1) is 12.9 Å². The van der Waals surface area contributed by atoms with E-state index < -0.39 is 0 Å². The maximum atomic E-state index is 11.2. The zero-order valence-electron chi connectivity index (χ0n) is 9.46. The Morgan fingerprint density at radius 3 is 2.88 bits per heavy atom. The first kappa shape index (κ1) is 13.2. The fourth-order valence-corrected chi connectivity index (χ4v) is 1.67. The molecule has 0 radical (unpaired) electrons. The van der Waals surface area contributed by atoms with Crippen LogP contribution in [0.1, 0.15) is 39.0 Å². The van der Waals surface area contributed by atoms with E-state index in [2.05, 4.69) is 32.8 Å². The van der Waals surface area contributed by atoms with E-state index >= 15 is 0 Å². The van der Waals surface area contributed by atoms with Gasteiger partial charge in [0.15, 0.2) is 0 Å². The molecule has 90 valence electrons. The predicted octanol–water partition coefficient (Wildman–Crippen LogP) is 2.88. The second-order valence-corrected chi connectivity index (χ2v) is 4.41. The van der Waals surface area contributed by atoms with Crippen molar-refractivity contribution in [3.05, 3.63) is 21.2 Å². The number of unbranched alkanes of at least 4 members (excludes halogenated alkanes) is 4. The van der Waals surface area contributed by atoms with Gasteiger partial charge in [-0.15, -0.1) is 0 Å². The molecule has 1 N–H and O–H groups in total. The van der Waals surface area contributed by atoms with E-state index in [0.29, 0.717) is 17.0 Å². The van der Waals surface area contributed by atoms with E-state index in [1.807, 2.05) is 0 Å². The molecule has 0 fully saturated rings. The highest BCUT2D eigenvalue weighted by atomic mass is 79.9. The molecule has 0 amide bonds. The Morgan fingerprint density at radius 2 is 2.12 bits per heavy atom. The van der Waals surface area contributed by atoms with E-state index in [1.54, 1.807) is 0 Å². The van der Waals surface area contributed by atoms with Crippen LogP contribution >= 0.6 is 15.9 Å². The van der Waals surface area contributed by atoms with E-state index in [0.717, 1.165) is 12.8 Å². The van der Waals surface area contributed by atoms with Gasteiger partial charge < -0.3 is 9.72 Å². The second-order valence-electron chi connectivity index (χ2n) is 3.61. The Hall–Kier alpha value is -0.840. The van der Waals surface area contributed by atoms with E-state index in [1.165, 1.54) is 25.6 Å². The summed E-state index contributed by atoms with van der Waals surface area (Å²) in [5.41, 5.74) is -0.212. The topological polar surface area (TPSA) is 55.0 Å². The van der Waals surface area contributed by atoms with E-state index in [-0.39, 0.29) is 5.56 Å². The van der Waals surface area contributed by atoms with Crippen LogP contribution in [0.25, 0.3) is 0 Å². The highest BCUT2D eigenvalue weighted by molar-refractivity contribution is 9.10. The molecule has 5 heteroatoms. The van der Waals surface area contributed by atoms with Crippen molar-refractivity contribution < 1.29 is 4.74 Å². The zero-order valence-corrected chi connectivity index (χ0v) is 11.0. The first-order valence-electron chi connectivity index (χ1n) is 5.61. The van der Waals surface area contributed by atoms with Gasteiger partial charge in [0.2, 0.25) is 5.88 Å². The van der Waals surface area contributed by atoms with Crippen molar-refractivity contribution in [2.45, 2.75) is 39.0 Å². The van der Waals surface area contributed by atoms with Gasteiger partial charge in [-0.3, -0.25) is 4.79 Å². The molecule has 0 bridgehead atoms. The summed E-state index contributed by atoms with van der Waals surface area (Å²) in [6.07, 6.45) is 7.26. The molecule has 1 aromatic heterocycles. The predicted molar refractivity (Wildman–Crippen MR) is 66.8 cm³/mol. The highest BCUT2D eigenvalue weighted by Crippen LogP contribution is 2.16. The maximum Gasteiger partial charge on any atom is 0.268 e. The number of ether oxygens (including phenoxy) is 1. The monoisotopic (exact) mass is 288 g/mol. The summed E-state index contributed by atoms with van der Waals surface area (Å²) >= 11 is 3.14. The lowest BCUT2D eigenvalue weighted by molar-refractivity contribution is 0.290. The third kappa shape index (κ3) is 4.35. The SMILES string of the molecule is CCCCCCCOc1nc[nH]c(=O)c1Br. The van der Waals surface area contributed by atoms with Crippen molar-refractivity contribution in [1.82, 2.24) is 9.97 Å². The number of aromatic nitrogens is 2. The van der Waals surface area contributed by atoms with Crippen LogP contribution in [0.5, 0.6) is 5.88 Å². The molecule has 1 heterocycles. The minimum atomic E-state index is -0.212. The Kier molecular flexibility index (Phi) is 6.15. The number of hydrogen-bond donors (Lipinski definition) is 1. The Bertz CT molecular complexity index is 365. The average molecular weight is 289 g/mol. The van der Waals surface area contributed by atoms with Crippen LogP contribution in [-0.4, -0.2) is 16.6 Å². The minimum Gasteiger partial charge on any atom is -0.477 e. The standard InChI is InChI=1S/C11H17BrN2O2/c1-2-3-4-5-6-7-16-11-9(12)10(15)13-8-14-11/h8H,2-7H2,1H3,(H,13,14,15). The van der Waals surface area contributed by atoms with Gasteiger partial charge in [-0.05, 0) is 22.4 Å². The minimum absolute atomic E-state index is 0.212. The van der Waals surface area contributed by atoms with Gasteiger partial charge in [0, 0.05) is 0 Å². The van der Waals surface area contributed by atoms with Crippen molar-refractivity contribution in [2.24, 2.45) is 0 Å². The second kappa shape index (κ2) is 7.44. The maximum absolute atomic E-state index is 11.2. The summed E-state index contributed by atoms with van der Waals surface area (Å²) in [5, 5.41) is 0. The third-order valence-corrected chi connectivity index (χ3v) is 2.95. The first-order chi connectivity index (χ1) is 7.75. The van der Waals surface area contributed by atoms with Crippen LogP contribution in [0, 0.1) is 0 Å². The fourth-order valence-electron chi connectivity index (χ4n) is 1.34. The fraction of sp³-hybridized carbons (Fsp3) is 0.636. The molecule has 4 nitrogen and oxygen atoms in total. The van der Waals surface area contributed by atoms with Crippen LogP contribution in [0.3, 0.4) is 0 Å². The number of aromatic amines is 1. The van der Waals surface area contributed by atoms with Crippen molar-refractivity contribution in [2.75, 3.05) is 6.61 Å². The number of halogens is 1. The van der Waals surface area contributed by atoms with Crippen LogP contribution in [-0.2, 0) is 0 Å². The summed E-state index contributed by atoms with van der Waals surface area (Å²) in [6.45, 7) is 2.80. The van der Waals surface area contributed by atoms with Crippen LogP contribution in [0.2, 0.25) is 0 Å². The summed E-state index contributed by atoms with van der Waals surface area (Å²) in [6, 6.07) is 0. The van der Waals surface area contributed by atoms with Gasteiger partial charge in [-0.25, -0.2) is 4.98 Å². The molecule has 1 rings (SSSR count). The van der Waals surface area contributed by atoms with Gasteiger partial charge >= 0.3 is 0 Å². The van der Waals surface area contributed by atoms with Crippen LogP contribution < -0.4 is 10.3 Å². The number of nitrogens with zero attached hydrogens (tertiary/aromatic N) is 1. The molecular weight excluding hydrogens is 272 g/mol. The van der Waals surface area contributed by atoms with Gasteiger partial charge in [-0.2, -0.15) is 0 Å². The normalized spacial score (nSPS) is 10.4. The lowest BCUT2D eigenvalue weighted by Gasteiger charge is -2.05. The molecule has 0 saturated carbocycles. The molecule has 0 unspecified atom stereocenters. The van der Waals surface area contributed by atoms with Crippen LogP contribution in [0.15, 0.2) is 15.6 Å². The number of nitrogens with one attached hydrogen (secondary N) is 1. The smallest absolute Gasteiger partial charge is 0.268 e. The third-order valence-electron chi connectivity index (χ3n) is 2.25. The van der Waals surface area contributed by atoms with Gasteiger partial charge in [0.1, 0.15) is 4.47 Å². The number of rotatable bonds is 7. The Balaban J connectivity index is 2.27. The summed E-state index contributed by atoms with van der Waals surface area (Å²) < 4.78 is 5.78. The van der Waals surface area contributed by atoms with Crippen molar-refractivity contribution in [3.8, 4) is 5.88 Å². The largest absolute Gasteiger partial charge is 0.477 e. The van der Waals surface area contributed by atoms with E-state index in [9.17, 15) is 4.79 Å². The molecule has 0 aliphatic rings. The quantitative estimate of drug-likeness (QED) is 0.785. The van der Waals surface area contributed by atoms with Gasteiger partial charge in [-0.1, -0.05) is 32.6 Å². The lowest BCUT2D eigenvalue weighted by Crippen LogP contribution is -2.10. The summed E-state index contributed by atoms with van der Waals surface area (Å²) in [7, 11) is 0. The Morgan fingerprint density at radius 1 is 1.38 bits per heavy atom. The molecule has 0 spiro atoms. The Labute approximate surface area is 104 Å². The summed E-state index contributed by atoms with van der Waals surface area (Å²) in [5.74, 6) is 0.374. The highest BCUT2D eigenvalue weighted by Gasteiger charge is 2.05. The molecule has 0 saturated heterocycles. The molecule has 0 aromatic carbocycles. The van der Waals surface area contributed by atoms with E-state index in [4.69, 9.17) is 4.74 Å². The van der Waals surface area contributed by atoms with Crippen molar-refractivity contribution >= 4 is 15.9 Å². The number of hydrogen-bond acceptors (Lipinski definition) is 3.